The molecule has 140 valence electrons. The van der Waals surface area contributed by atoms with E-state index in [9.17, 15) is 9.59 Å². The van der Waals surface area contributed by atoms with E-state index in [1.54, 1.807) is 24.0 Å². The highest BCUT2D eigenvalue weighted by molar-refractivity contribution is 8.05. The second kappa shape index (κ2) is 7.90. The van der Waals surface area contributed by atoms with Gasteiger partial charge < -0.3 is 10.1 Å². The van der Waals surface area contributed by atoms with Gasteiger partial charge in [0.1, 0.15) is 5.82 Å². The Kier molecular flexibility index (Phi) is 5.79. The Morgan fingerprint density at radius 2 is 2.04 bits per heavy atom. The molecule has 1 fully saturated rings. The number of amides is 1. The second-order valence-electron chi connectivity index (χ2n) is 6.98. The number of rotatable bonds is 4. The minimum absolute atomic E-state index is 0.0896. The van der Waals surface area contributed by atoms with Crippen molar-refractivity contribution in [2.24, 2.45) is 0 Å². The number of aromatic nitrogens is 1. The second-order valence-corrected chi connectivity index (χ2v) is 8.42. The molecule has 1 aromatic heterocycles. The SMILES string of the molecule is CC(=O)Nc1cc(C2=C(CN3C[C@@H](C)O[C@@H](C)C3)SC(C)C2=O)ccn1. The van der Waals surface area contributed by atoms with Crippen molar-refractivity contribution in [2.45, 2.75) is 45.2 Å². The van der Waals surface area contributed by atoms with Crippen molar-refractivity contribution in [2.75, 3.05) is 25.0 Å². The van der Waals surface area contributed by atoms with Crippen LogP contribution in [-0.4, -0.2) is 58.7 Å². The number of pyridine rings is 1. The zero-order valence-corrected chi connectivity index (χ0v) is 16.4. The quantitative estimate of drug-likeness (QED) is 0.872. The lowest BCUT2D eigenvalue weighted by atomic mass is 10.0. The smallest absolute Gasteiger partial charge is 0.222 e. The van der Waals surface area contributed by atoms with Gasteiger partial charge in [-0.2, -0.15) is 0 Å². The molecule has 1 unspecified atom stereocenters. The third-order valence-electron chi connectivity index (χ3n) is 4.43. The lowest BCUT2D eigenvalue weighted by Gasteiger charge is -2.35. The number of hydrogen-bond donors (Lipinski definition) is 1. The molecule has 3 heterocycles. The number of carbonyl (C=O) groups is 2. The molecule has 0 saturated carbocycles. The predicted octanol–water partition coefficient (Wildman–Crippen LogP) is 2.56. The molecule has 2 aliphatic rings. The lowest BCUT2D eigenvalue weighted by molar-refractivity contribution is -0.114. The van der Waals surface area contributed by atoms with Crippen molar-refractivity contribution >= 4 is 34.8 Å². The highest BCUT2D eigenvalue weighted by Crippen LogP contribution is 2.41. The van der Waals surface area contributed by atoms with E-state index in [-0.39, 0.29) is 29.1 Å². The largest absolute Gasteiger partial charge is 0.373 e. The highest BCUT2D eigenvalue weighted by Gasteiger charge is 2.33. The van der Waals surface area contributed by atoms with Crippen LogP contribution in [0.5, 0.6) is 0 Å². The van der Waals surface area contributed by atoms with Gasteiger partial charge in [0.05, 0.1) is 17.5 Å². The van der Waals surface area contributed by atoms with Gasteiger partial charge in [-0.1, -0.05) is 0 Å². The van der Waals surface area contributed by atoms with Crippen LogP contribution in [0.25, 0.3) is 5.57 Å². The van der Waals surface area contributed by atoms with Gasteiger partial charge in [-0.3, -0.25) is 14.5 Å². The summed E-state index contributed by atoms with van der Waals surface area (Å²) in [5.74, 6) is 0.424. The first-order valence-corrected chi connectivity index (χ1v) is 9.77. The number of nitrogens with zero attached hydrogens (tertiary/aromatic N) is 2. The third kappa shape index (κ3) is 4.34. The zero-order valence-electron chi connectivity index (χ0n) is 15.6. The highest BCUT2D eigenvalue weighted by atomic mass is 32.2. The standard InChI is InChI=1S/C19H25N3O3S/c1-11-8-22(9-12(2)25-11)10-16-18(19(24)13(3)26-16)15-5-6-20-17(7-15)21-14(4)23/h5-7,11-13H,8-10H2,1-4H3,(H,20,21,23)/t11-,12+,13?. The van der Waals surface area contributed by atoms with E-state index in [1.165, 1.54) is 6.92 Å². The Morgan fingerprint density at radius 1 is 1.35 bits per heavy atom. The summed E-state index contributed by atoms with van der Waals surface area (Å²) in [6.45, 7) is 10.0. The summed E-state index contributed by atoms with van der Waals surface area (Å²) in [6.07, 6.45) is 2.01. The van der Waals surface area contributed by atoms with E-state index >= 15 is 0 Å². The number of ether oxygens (including phenoxy) is 1. The van der Waals surface area contributed by atoms with Crippen LogP contribution >= 0.6 is 11.8 Å². The van der Waals surface area contributed by atoms with Crippen LogP contribution in [-0.2, 0) is 14.3 Å². The number of Topliss-reactive ketones (excluding diaryl/α,β-unsaturated/α-hetero) is 1. The maximum Gasteiger partial charge on any atom is 0.222 e. The number of hydrogen-bond acceptors (Lipinski definition) is 6. The molecule has 3 rings (SSSR count). The summed E-state index contributed by atoms with van der Waals surface area (Å²) >= 11 is 1.63. The Morgan fingerprint density at radius 3 is 2.69 bits per heavy atom. The number of morpholine rings is 1. The number of thioether (sulfide) groups is 1. The average Bonchev–Trinajstić information content (AvgIpc) is 2.80. The third-order valence-corrected chi connectivity index (χ3v) is 5.61. The lowest BCUT2D eigenvalue weighted by Crippen LogP contribution is -2.45. The van der Waals surface area contributed by atoms with Crippen LogP contribution in [0.15, 0.2) is 23.2 Å². The summed E-state index contributed by atoms with van der Waals surface area (Å²) in [7, 11) is 0. The Hall–Kier alpha value is -1.70. The first-order valence-electron chi connectivity index (χ1n) is 8.89. The molecule has 0 aromatic carbocycles. The Balaban J connectivity index is 1.89. The molecule has 1 N–H and O–H groups in total. The first kappa shape index (κ1) is 19.1. The van der Waals surface area contributed by atoms with Gasteiger partial charge >= 0.3 is 0 Å². The number of ketones is 1. The molecule has 6 nitrogen and oxygen atoms in total. The summed E-state index contributed by atoms with van der Waals surface area (Å²) in [6, 6.07) is 3.61. The van der Waals surface area contributed by atoms with Crippen molar-refractivity contribution in [3.8, 4) is 0 Å². The fraction of sp³-hybridized carbons (Fsp3) is 0.526. The van der Waals surface area contributed by atoms with Crippen molar-refractivity contribution in [3.63, 3.8) is 0 Å². The maximum absolute atomic E-state index is 12.8. The number of anilines is 1. The fourth-order valence-electron chi connectivity index (χ4n) is 3.54. The van der Waals surface area contributed by atoms with E-state index in [2.05, 4.69) is 29.0 Å². The van der Waals surface area contributed by atoms with Gasteiger partial charge in [0, 0.05) is 43.2 Å². The van der Waals surface area contributed by atoms with Gasteiger partial charge in [-0.15, -0.1) is 11.8 Å². The number of carbonyl (C=O) groups excluding carboxylic acids is 2. The van der Waals surface area contributed by atoms with Crippen LogP contribution in [0.3, 0.4) is 0 Å². The summed E-state index contributed by atoms with van der Waals surface area (Å²) in [5.41, 5.74) is 1.57. The van der Waals surface area contributed by atoms with Gasteiger partial charge in [0.2, 0.25) is 5.91 Å². The van der Waals surface area contributed by atoms with Crippen molar-refractivity contribution < 1.29 is 14.3 Å². The average molecular weight is 375 g/mol. The minimum atomic E-state index is -0.180. The van der Waals surface area contributed by atoms with Crippen LogP contribution < -0.4 is 5.32 Å². The molecule has 0 spiro atoms. The minimum Gasteiger partial charge on any atom is -0.373 e. The molecule has 2 aliphatic heterocycles. The molecule has 1 amide bonds. The first-order chi connectivity index (χ1) is 12.3. The van der Waals surface area contributed by atoms with E-state index in [0.717, 1.165) is 35.7 Å². The Bertz CT molecular complexity index is 739. The Labute approximate surface area is 158 Å². The summed E-state index contributed by atoms with van der Waals surface area (Å²) < 4.78 is 5.81. The van der Waals surface area contributed by atoms with Gasteiger partial charge in [-0.05, 0) is 38.5 Å². The maximum atomic E-state index is 12.8. The van der Waals surface area contributed by atoms with Crippen molar-refractivity contribution in [1.29, 1.82) is 0 Å². The van der Waals surface area contributed by atoms with Crippen LogP contribution in [0.4, 0.5) is 5.82 Å². The normalized spacial score (nSPS) is 27.1. The van der Waals surface area contributed by atoms with E-state index in [4.69, 9.17) is 4.74 Å². The molecular formula is C19H25N3O3S. The molecule has 1 aromatic rings. The molecule has 0 radical (unpaired) electrons. The van der Waals surface area contributed by atoms with Crippen LogP contribution in [0.1, 0.15) is 33.3 Å². The van der Waals surface area contributed by atoms with Gasteiger partial charge in [-0.25, -0.2) is 4.98 Å². The summed E-state index contributed by atoms with van der Waals surface area (Å²) in [4.78, 5) is 31.7. The number of allylic oxidation sites excluding steroid dienone is 1. The molecule has 3 atom stereocenters. The molecule has 26 heavy (non-hydrogen) atoms. The molecule has 0 aliphatic carbocycles. The van der Waals surface area contributed by atoms with Crippen LogP contribution in [0, 0.1) is 0 Å². The summed E-state index contributed by atoms with van der Waals surface area (Å²) in [5, 5.41) is 2.60. The molecule has 1 saturated heterocycles. The van der Waals surface area contributed by atoms with E-state index in [1.807, 2.05) is 13.0 Å². The topological polar surface area (TPSA) is 71.5 Å². The molecular weight excluding hydrogens is 350 g/mol. The van der Waals surface area contributed by atoms with Crippen molar-refractivity contribution in [3.05, 3.63) is 28.8 Å². The molecule has 0 bridgehead atoms. The fourth-order valence-corrected chi connectivity index (χ4v) is 4.78. The van der Waals surface area contributed by atoms with Crippen LogP contribution in [0.2, 0.25) is 0 Å². The van der Waals surface area contributed by atoms with E-state index < -0.39 is 0 Å². The van der Waals surface area contributed by atoms with Gasteiger partial charge in [0.25, 0.3) is 0 Å². The molecule has 7 heteroatoms. The zero-order chi connectivity index (χ0) is 18.8. The predicted molar refractivity (Wildman–Crippen MR) is 104 cm³/mol. The monoisotopic (exact) mass is 375 g/mol. The number of nitrogens with one attached hydrogen (secondary N) is 1. The van der Waals surface area contributed by atoms with Gasteiger partial charge in [0.15, 0.2) is 5.78 Å². The van der Waals surface area contributed by atoms with E-state index in [0.29, 0.717) is 5.82 Å². The van der Waals surface area contributed by atoms with Crippen molar-refractivity contribution in [1.82, 2.24) is 9.88 Å².